The molecule has 0 aliphatic carbocycles. The third kappa shape index (κ3) is 3.17. The van der Waals surface area contributed by atoms with Gasteiger partial charge >= 0.3 is 0 Å². The lowest BCUT2D eigenvalue weighted by Crippen LogP contribution is -2.05. The van der Waals surface area contributed by atoms with Crippen molar-refractivity contribution < 1.29 is 0 Å². The Balaban J connectivity index is 2.09. The lowest BCUT2D eigenvalue weighted by atomic mass is 10.3. The summed E-state index contributed by atoms with van der Waals surface area (Å²) in [5.74, 6) is 2.57. The van der Waals surface area contributed by atoms with Gasteiger partial charge in [-0.15, -0.1) is 0 Å². The Kier molecular flexibility index (Phi) is 3.93. The third-order valence-electron chi connectivity index (χ3n) is 2.40. The van der Waals surface area contributed by atoms with Crippen LogP contribution in [0.5, 0.6) is 0 Å². The molecular formula is C12H16N4S. The molecule has 2 N–H and O–H groups in total. The fraction of sp³-hybridized carbons (Fsp3) is 0.333. The second-order valence-corrected chi connectivity index (χ2v) is 4.42. The number of nitrogens with zero attached hydrogens (tertiary/aromatic N) is 2. The molecule has 0 amide bonds. The van der Waals surface area contributed by atoms with Gasteiger partial charge in [0.15, 0.2) is 0 Å². The number of thiophene rings is 1. The normalized spacial score (nSPS) is 10.2. The lowest BCUT2D eigenvalue weighted by Gasteiger charge is -2.08. The minimum absolute atomic E-state index is 0.798. The van der Waals surface area contributed by atoms with Crippen LogP contribution < -0.4 is 10.6 Å². The molecule has 2 rings (SSSR count). The van der Waals surface area contributed by atoms with E-state index in [-0.39, 0.29) is 0 Å². The summed E-state index contributed by atoms with van der Waals surface area (Å²) >= 11 is 1.70. The Hall–Kier alpha value is -1.62. The SMILES string of the molecule is CCc1nc(NC)cc(NCc2ccsc2)n1. The van der Waals surface area contributed by atoms with E-state index in [1.165, 1.54) is 5.56 Å². The molecule has 0 fully saturated rings. The molecule has 2 aromatic rings. The van der Waals surface area contributed by atoms with Gasteiger partial charge in [0.2, 0.25) is 0 Å². The van der Waals surface area contributed by atoms with E-state index in [1.807, 2.05) is 13.1 Å². The average molecular weight is 248 g/mol. The standard InChI is InChI=1S/C12H16N4S/c1-3-10-15-11(13-2)6-12(16-10)14-7-9-4-5-17-8-9/h4-6,8H,3,7H2,1-2H3,(H2,13,14,15,16). The number of nitrogens with one attached hydrogen (secondary N) is 2. The summed E-state index contributed by atoms with van der Waals surface area (Å²) < 4.78 is 0. The van der Waals surface area contributed by atoms with Gasteiger partial charge in [0.25, 0.3) is 0 Å². The van der Waals surface area contributed by atoms with Gasteiger partial charge in [-0.3, -0.25) is 0 Å². The maximum Gasteiger partial charge on any atom is 0.132 e. The van der Waals surface area contributed by atoms with Crippen LogP contribution >= 0.6 is 11.3 Å². The van der Waals surface area contributed by atoms with Crippen LogP contribution in [0.3, 0.4) is 0 Å². The lowest BCUT2D eigenvalue weighted by molar-refractivity contribution is 0.935. The molecule has 2 heterocycles. The van der Waals surface area contributed by atoms with Gasteiger partial charge < -0.3 is 10.6 Å². The Morgan fingerprint density at radius 1 is 1.29 bits per heavy atom. The first kappa shape index (κ1) is 11.9. The number of aromatic nitrogens is 2. The number of anilines is 2. The smallest absolute Gasteiger partial charge is 0.132 e. The molecule has 0 aliphatic rings. The van der Waals surface area contributed by atoms with Gasteiger partial charge in [-0.25, -0.2) is 9.97 Å². The fourth-order valence-electron chi connectivity index (χ4n) is 1.46. The van der Waals surface area contributed by atoms with E-state index in [0.717, 1.165) is 30.4 Å². The molecule has 0 bridgehead atoms. The molecule has 90 valence electrons. The van der Waals surface area contributed by atoms with Crippen LogP contribution in [0, 0.1) is 0 Å². The molecule has 0 atom stereocenters. The van der Waals surface area contributed by atoms with Crippen molar-refractivity contribution in [1.82, 2.24) is 9.97 Å². The van der Waals surface area contributed by atoms with E-state index >= 15 is 0 Å². The molecule has 0 unspecified atom stereocenters. The van der Waals surface area contributed by atoms with Crippen molar-refractivity contribution in [1.29, 1.82) is 0 Å². The van der Waals surface area contributed by atoms with Crippen LogP contribution in [0.4, 0.5) is 11.6 Å². The van der Waals surface area contributed by atoms with Crippen LogP contribution in [-0.2, 0) is 13.0 Å². The zero-order valence-corrected chi connectivity index (χ0v) is 10.8. The van der Waals surface area contributed by atoms with E-state index in [9.17, 15) is 0 Å². The molecule has 0 radical (unpaired) electrons. The largest absolute Gasteiger partial charge is 0.373 e. The average Bonchev–Trinajstić information content (AvgIpc) is 2.89. The summed E-state index contributed by atoms with van der Waals surface area (Å²) in [7, 11) is 1.87. The molecule has 2 aromatic heterocycles. The maximum atomic E-state index is 4.44. The molecule has 5 heteroatoms. The quantitative estimate of drug-likeness (QED) is 0.854. The van der Waals surface area contributed by atoms with Crippen molar-refractivity contribution in [2.75, 3.05) is 17.7 Å². The molecule has 0 aliphatic heterocycles. The molecule has 0 aromatic carbocycles. The van der Waals surface area contributed by atoms with E-state index in [4.69, 9.17) is 0 Å². The first-order valence-corrected chi connectivity index (χ1v) is 6.56. The highest BCUT2D eigenvalue weighted by Gasteiger charge is 2.02. The number of hydrogen-bond acceptors (Lipinski definition) is 5. The van der Waals surface area contributed by atoms with Crippen molar-refractivity contribution in [2.45, 2.75) is 19.9 Å². The van der Waals surface area contributed by atoms with Crippen LogP contribution in [0.15, 0.2) is 22.9 Å². The van der Waals surface area contributed by atoms with Crippen molar-refractivity contribution >= 4 is 23.0 Å². The highest BCUT2D eigenvalue weighted by molar-refractivity contribution is 7.07. The zero-order valence-electron chi connectivity index (χ0n) is 10.0. The van der Waals surface area contributed by atoms with Gasteiger partial charge in [-0.2, -0.15) is 11.3 Å². The molecule has 0 spiro atoms. The minimum atomic E-state index is 0.798. The topological polar surface area (TPSA) is 49.8 Å². The van der Waals surface area contributed by atoms with Crippen molar-refractivity contribution in [3.05, 3.63) is 34.3 Å². The second-order valence-electron chi connectivity index (χ2n) is 3.64. The van der Waals surface area contributed by atoms with Gasteiger partial charge in [0, 0.05) is 26.1 Å². The van der Waals surface area contributed by atoms with Crippen LogP contribution in [0.1, 0.15) is 18.3 Å². The van der Waals surface area contributed by atoms with E-state index < -0.39 is 0 Å². The minimum Gasteiger partial charge on any atom is -0.373 e. The highest BCUT2D eigenvalue weighted by Crippen LogP contribution is 2.13. The second kappa shape index (κ2) is 5.63. The van der Waals surface area contributed by atoms with Crippen molar-refractivity contribution in [3.63, 3.8) is 0 Å². The third-order valence-corrected chi connectivity index (χ3v) is 3.13. The monoisotopic (exact) mass is 248 g/mol. The zero-order chi connectivity index (χ0) is 12.1. The molecule has 0 saturated heterocycles. The van der Waals surface area contributed by atoms with E-state index in [2.05, 4.69) is 44.4 Å². The Labute approximate surface area is 105 Å². The summed E-state index contributed by atoms with van der Waals surface area (Å²) in [6.45, 7) is 2.85. The number of aryl methyl sites for hydroxylation is 1. The van der Waals surface area contributed by atoms with Crippen LogP contribution in [0.25, 0.3) is 0 Å². The summed E-state index contributed by atoms with van der Waals surface area (Å²) in [5, 5.41) is 10.6. The first-order valence-electron chi connectivity index (χ1n) is 5.62. The highest BCUT2D eigenvalue weighted by atomic mass is 32.1. The van der Waals surface area contributed by atoms with Crippen molar-refractivity contribution in [2.24, 2.45) is 0 Å². The van der Waals surface area contributed by atoms with E-state index in [1.54, 1.807) is 11.3 Å². The predicted octanol–water partition coefficient (Wildman–Crippen LogP) is 2.75. The van der Waals surface area contributed by atoms with Gasteiger partial charge in [-0.05, 0) is 22.4 Å². The molecule has 17 heavy (non-hydrogen) atoms. The maximum absolute atomic E-state index is 4.44. The fourth-order valence-corrected chi connectivity index (χ4v) is 2.13. The van der Waals surface area contributed by atoms with E-state index in [0.29, 0.717) is 0 Å². The van der Waals surface area contributed by atoms with Crippen LogP contribution in [0.2, 0.25) is 0 Å². The van der Waals surface area contributed by atoms with Crippen molar-refractivity contribution in [3.8, 4) is 0 Å². The molecule has 4 nitrogen and oxygen atoms in total. The summed E-state index contributed by atoms with van der Waals surface area (Å²) in [6.07, 6.45) is 0.836. The Bertz CT molecular complexity index is 445. The summed E-state index contributed by atoms with van der Waals surface area (Å²) in [6, 6.07) is 4.03. The summed E-state index contributed by atoms with van der Waals surface area (Å²) in [4.78, 5) is 8.80. The first-order chi connectivity index (χ1) is 8.31. The van der Waals surface area contributed by atoms with Crippen LogP contribution in [-0.4, -0.2) is 17.0 Å². The Morgan fingerprint density at radius 3 is 2.76 bits per heavy atom. The number of hydrogen-bond donors (Lipinski definition) is 2. The number of rotatable bonds is 5. The molecule has 0 saturated carbocycles. The van der Waals surface area contributed by atoms with Gasteiger partial charge in [0.05, 0.1) is 0 Å². The molecular weight excluding hydrogens is 232 g/mol. The predicted molar refractivity (Wildman–Crippen MR) is 72.6 cm³/mol. The van der Waals surface area contributed by atoms with Gasteiger partial charge in [0.1, 0.15) is 17.5 Å². The summed E-state index contributed by atoms with van der Waals surface area (Å²) in [5.41, 5.74) is 1.28. The Morgan fingerprint density at radius 2 is 2.12 bits per heavy atom. The van der Waals surface area contributed by atoms with Gasteiger partial charge in [-0.1, -0.05) is 6.92 Å².